The van der Waals surface area contributed by atoms with E-state index in [2.05, 4.69) is 57.3 Å². The van der Waals surface area contributed by atoms with Gasteiger partial charge < -0.3 is 5.32 Å². The molecule has 1 rings (SSSR count). The molecular formula is C16H27N. The Kier molecular flexibility index (Phi) is 6.28. The van der Waals surface area contributed by atoms with Gasteiger partial charge in [-0.2, -0.15) is 0 Å². The fourth-order valence-corrected chi connectivity index (χ4v) is 2.15. The van der Waals surface area contributed by atoms with Crippen molar-refractivity contribution >= 4 is 0 Å². The fraction of sp³-hybridized carbons (Fsp3) is 0.625. The Hall–Kier alpha value is -0.820. The minimum absolute atomic E-state index is 0.529. The maximum absolute atomic E-state index is 3.58. The third-order valence-electron chi connectivity index (χ3n) is 3.30. The van der Waals surface area contributed by atoms with Crippen LogP contribution in [0.2, 0.25) is 0 Å². The summed E-state index contributed by atoms with van der Waals surface area (Å²) in [6.07, 6.45) is 3.81. The van der Waals surface area contributed by atoms with Crippen LogP contribution in [0.4, 0.5) is 0 Å². The molecule has 0 aliphatic rings. The highest BCUT2D eigenvalue weighted by Gasteiger charge is 2.09. The highest BCUT2D eigenvalue weighted by Crippen LogP contribution is 2.22. The third-order valence-corrected chi connectivity index (χ3v) is 3.30. The van der Waals surface area contributed by atoms with Crippen LogP contribution in [-0.2, 0) is 0 Å². The van der Waals surface area contributed by atoms with E-state index in [-0.39, 0.29) is 0 Å². The molecule has 17 heavy (non-hydrogen) atoms. The van der Waals surface area contributed by atoms with Crippen molar-refractivity contribution in [2.45, 2.75) is 58.9 Å². The summed E-state index contributed by atoms with van der Waals surface area (Å²) in [4.78, 5) is 0. The lowest BCUT2D eigenvalue weighted by molar-refractivity contribution is 0.494. The smallest absolute Gasteiger partial charge is 0.0320 e. The van der Waals surface area contributed by atoms with Gasteiger partial charge in [-0.15, -0.1) is 0 Å². The Morgan fingerprint density at radius 3 is 2.06 bits per heavy atom. The molecule has 1 atom stereocenters. The van der Waals surface area contributed by atoms with Crippen LogP contribution in [0.5, 0.6) is 0 Å². The average molecular weight is 233 g/mol. The van der Waals surface area contributed by atoms with Gasteiger partial charge in [-0.1, -0.05) is 64.8 Å². The molecule has 1 N–H and O–H groups in total. The highest BCUT2D eigenvalue weighted by molar-refractivity contribution is 5.26. The standard InChI is InChI=1S/C16H27N/c1-5-7-8-16(17-6-2)15-11-9-14(10-12-15)13(3)4/h9-13,16-17H,5-8H2,1-4H3. The number of rotatable bonds is 7. The molecule has 1 aromatic carbocycles. The second-order valence-corrected chi connectivity index (χ2v) is 5.07. The van der Waals surface area contributed by atoms with Crippen LogP contribution in [0.15, 0.2) is 24.3 Å². The van der Waals surface area contributed by atoms with E-state index in [9.17, 15) is 0 Å². The molecule has 0 amide bonds. The first kappa shape index (κ1) is 14.2. The van der Waals surface area contributed by atoms with Crippen LogP contribution in [-0.4, -0.2) is 6.54 Å². The van der Waals surface area contributed by atoms with E-state index in [1.807, 2.05) is 0 Å². The number of benzene rings is 1. The molecule has 0 saturated heterocycles. The zero-order valence-corrected chi connectivity index (χ0v) is 11.8. The highest BCUT2D eigenvalue weighted by atomic mass is 14.9. The van der Waals surface area contributed by atoms with Crippen molar-refractivity contribution in [3.63, 3.8) is 0 Å². The SMILES string of the molecule is CCCCC(NCC)c1ccc(C(C)C)cc1. The molecule has 1 unspecified atom stereocenters. The van der Waals surface area contributed by atoms with E-state index < -0.39 is 0 Å². The van der Waals surface area contributed by atoms with E-state index in [1.54, 1.807) is 0 Å². The summed E-state index contributed by atoms with van der Waals surface area (Å²) < 4.78 is 0. The molecule has 0 aliphatic carbocycles. The van der Waals surface area contributed by atoms with Crippen molar-refractivity contribution in [3.05, 3.63) is 35.4 Å². The summed E-state index contributed by atoms with van der Waals surface area (Å²) in [6, 6.07) is 9.66. The van der Waals surface area contributed by atoms with E-state index in [0.29, 0.717) is 12.0 Å². The quantitative estimate of drug-likeness (QED) is 0.723. The molecule has 0 saturated carbocycles. The van der Waals surface area contributed by atoms with Gasteiger partial charge in [0.05, 0.1) is 0 Å². The normalized spacial score (nSPS) is 13.0. The number of nitrogens with one attached hydrogen (secondary N) is 1. The van der Waals surface area contributed by atoms with Crippen molar-refractivity contribution in [2.24, 2.45) is 0 Å². The van der Waals surface area contributed by atoms with E-state index in [4.69, 9.17) is 0 Å². The zero-order valence-electron chi connectivity index (χ0n) is 11.8. The van der Waals surface area contributed by atoms with Crippen molar-refractivity contribution in [1.29, 1.82) is 0 Å². The Morgan fingerprint density at radius 1 is 1.00 bits per heavy atom. The van der Waals surface area contributed by atoms with Gasteiger partial charge >= 0.3 is 0 Å². The summed E-state index contributed by atoms with van der Waals surface area (Å²) in [6.45, 7) is 9.97. The summed E-state index contributed by atoms with van der Waals surface area (Å²) >= 11 is 0. The second-order valence-electron chi connectivity index (χ2n) is 5.07. The minimum atomic E-state index is 0.529. The molecule has 1 nitrogen and oxygen atoms in total. The van der Waals surface area contributed by atoms with Crippen LogP contribution in [0, 0.1) is 0 Å². The van der Waals surface area contributed by atoms with Gasteiger partial charge in [-0.3, -0.25) is 0 Å². The largest absolute Gasteiger partial charge is 0.310 e. The van der Waals surface area contributed by atoms with E-state index in [0.717, 1.165) is 6.54 Å². The maximum atomic E-state index is 3.58. The molecule has 1 aromatic rings. The number of hydrogen-bond donors (Lipinski definition) is 1. The lowest BCUT2D eigenvalue weighted by Crippen LogP contribution is -2.20. The Balaban J connectivity index is 2.72. The molecule has 0 fully saturated rings. The van der Waals surface area contributed by atoms with Gasteiger partial charge in [0.15, 0.2) is 0 Å². The second kappa shape index (κ2) is 7.50. The van der Waals surface area contributed by atoms with Crippen LogP contribution in [0.1, 0.15) is 70.0 Å². The van der Waals surface area contributed by atoms with Crippen molar-refractivity contribution in [2.75, 3.05) is 6.54 Å². The van der Waals surface area contributed by atoms with Crippen molar-refractivity contribution in [1.82, 2.24) is 5.32 Å². The van der Waals surface area contributed by atoms with E-state index >= 15 is 0 Å². The summed E-state index contributed by atoms with van der Waals surface area (Å²) in [5.41, 5.74) is 2.86. The molecule has 0 aliphatic heterocycles. The maximum Gasteiger partial charge on any atom is 0.0320 e. The van der Waals surface area contributed by atoms with Crippen LogP contribution < -0.4 is 5.32 Å². The summed E-state index contributed by atoms with van der Waals surface area (Å²) in [5, 5.41) is 3.58. The molecule has 0 bridgehead atoms. The van der Waals surface area contributed by atoms with Gasteiger partial charge in [0, 0.05) is 6.04 Å². The van der Waals surface area contributed by atoms with Crippen LogP contribution in [0.25, 0.3) is 0 Å². The van der Waals surface area contributed by atoms with Crippen molar-refractivity contribution < 1.29 is 0 Å². The molecule has 1 heteroatoms. The van der Waals surface area contributed by atoms with E-state index in [1.165, 1.54) is 30.4 Å². The molecule has 0 heterocycles. The zero-order chi connectivity index (χ0) is 12.7. The van der Waals surface area contributed by atoms with Gasteiger partial charge in [0.2, 0.25) is 0 Å². The van der Waals surface area contributed by atoms with Crippen LogP contribution in [0.3, 0.4) is 0 Å². The lowest BCUT2D eigenvalue weighted by Gasteiger charge is -2.19. The predicted molar refractivity (Wildman–Crippen MR) is 76.5 cm³/mol. The third kappa shape index (κ3) is 4.51. The van der Waals surface area contributed by atoms with Gasteiger partial charge in [0.25, 0.3) is 0 Å². The fourth-order valence-electron chi connectivity index (χ4n) is 2.15. The summed E-state index contributed by atoms with van der Waals surface area (Å²) in [7, 11) is 0. The lowest BCUT2D eigenvalue weighted by atomic mass is 9.96. The topological polar surface area (TPSA) is 12.0 Å². The molecular weight excluding hydrogens is 206 g/mol. The minimum Gasteiger partial charge on any atom is -0.310 e. The molecule has 0 spiro atoms. The molecule has 0 aromatic heterocycles. The number of unbranched alkanes of at least 4 members (excludes halogenated alkanes) is 1. The average Bonchev–Trinajstić information content (AvgIpc) is 2.34. The Bertz CT molecular complexity index is 300. The predicted octanol–water partition coefficient (Wildman–Crippen LogP) is 4.65. The first-order chi connectivity index (χ1) is 8.19. The Labute approximate surface area is 107 Å². The molecule has 0 radical (unpaired) electrons. The Morgan fingerprint density at radius 2 is 1.59 bits per heavy atom. The van der Waals surface area contributed by atoms with Gasteiger partial charge in [0.1, 0.15) is 0 Å². The van der Waals surface area contributed by atoms with Crippen LogP contribution >= 0.6 is 0 Å². The number of hydrogen-bond acceptors (Lipinski definition) is 1. The van der Waals surface area contributed by atoms with Gasteiger partial charge in [-0.25, -0.2) is 0 Å². The van der Waals surface area contributed by atoms with Crippen molar-refractivity contribution in [3.8, 4) is 0 Å². The summed E-state index contributed by atoms with van der Waals surface area (Å²) in [5.74, 6) is 0.622. The first-order valence-electron chi connectivity index (χ1n) is 7.02. The molecule has 96 valence electrons. The van der Waals surface area contributed by atoms with Gasteiger partial charge in [-0.05, 0) is 30.0 Å². The monoisotopic (exact) mass is 233 g/mol. The first-order valence-corrected chi connectivity index (χ1v) is 7.02.